The topological polar surface area (TPSA) is 72.7 Å². The van der Waals surface area contributed by atoms with Crippen molar-refractivity contribution in [2.45, 2.75) is 25.9 Å². The monoisotopic (exact) mass is 375 g/mol. The lowest BCUT2D eigenvalue weighted by Crippen LogP contribution is -2.15. The number of alkyl halides is 3. The van der Waals surface area contributed by atoms with E-state index in [4.69, 9.17) is 0 Å². The van der Waals surface area contributed by atoms with E-state index in [1.165, 1.54) is 12.1 Å². The van der Waals surface area contributed by atoms with E-state index in [0.29, 0.717) is 5.69 Å². The van der Waals surface area contributed by atoms with Crippen LogP contribution in [-0.2, 0) is 6.18 Å². The van der Waals surface area contributed by atoms with E-state index in [-0.39, 0.29) is 17.4 Å². The zero-order valence-corrected chi connectivity index (χ0v) is 14.5. The summed E-state index contributed by atoms with van der Waals surface area (Å²) < 4.78 is 37.9. The first-order chi connectivity index (χ1) is 12.8. The molecule has 3 rings (SSSR count). The summed E-state index contributed by atoms with van der Waals surface area (Å²) in [6.07, 6.45) is -4.43. The average Bonchev–Trinajstić information content (AvgIpc) is 3.11. The van der Waals surface area contributed by atoms with Crippen LogP contribution in [0.25, 0.3) is 5.69 Å². The standard InChI is InChI=1S/C18H16F3N5O/c1-11(2)14-5-3-4-6-15(14)22-17(27)16-23-25-26(24-16)13-9-7-12(8-10-13)18(19,20)21/h3-11H,1-2H3,(H,22,27). The summed E-state index contributed by atoms with van der Waals surface area (Å²) in [6.45, 7) is 4.01. The van der Waals surface area contributed by atoms with Gasteiger partial charge >= 0.3 is 6.18 Å². The maximum atomic E-state index is 12.6. The number of tetrazole rings is 1. The maximum Gasteiger partial charge on any atom is 0.416 e. The maximum absolute atomic E-state index is 12.6. The molecule has 0 bridgehead atoms. The Labute approximate surface area is 153 Å². The zero-order valence-electron chi connectivity index (χ0n) is 14.5. The lowest BCUT2D eigenvalue weighted by atomic mass is 10.0. The summed E-state index contributed by atoms with van der Waals surface area (Å²) in [5.74, 6) is -0.535. The molecule has 0 unspecified atom stereocenters. The molecule has 0 radical (unpaired) electrons. The molecule has 3 aromatic rings. The molecule has 1 aromatic heterocycles. The van der Waals surface area contributed by atoms with Gasteiger partial charge < -0.3 is 5.32 Å². The number of hydrogen-bond donors (Lipinski definition) is 1. The van der Waals surface area contributed by atoms with Crippen LogP contribution in [0.5, 0.6) is 0 Å². The van der Waals surface area contributed by atoms with Crippen molar-refractivity contribution in [2.24, 2.45) is 0 Å². The van der Waals surface area contributed by atoms with Crippen molar-refractivity contribution in [1.29, 1.82) is 0 Å². The van der Waals surface area contributed by atoms with Gasteiger partial charge in [0.25, 0.3) is 11.7 Å². The summed E-state index contributed by atoms with van der Waals surface area (Å²) in [7, 11) is 0. The van der Waals surface area contributed by atoms with Crippen LogP contribution in [0.4, 0.5) is 18.9 Å². The van der Waals surface area contributed by atoms with Crippen LogP contribution in [0.15, 0.2) is 48.5 Å². The molecule has 1 heterocycles. The second-order valence-electron chi connectivity index (χ2n) is 6.14. The number of para-hydroxylation sites is 1. The van der Waals surface area contributed by atoms with Crippen molar-refractivity contribution in [1.82, 2.24) is 20.2 Å². The molecular weight excluding hydrogens is 359 g/mol. The highest BCUT2D eigenvalue weighted by molar-refractivity contribution is 6.01. The smallest absolute Gasteiger partial charge is 0.319 e. The Bertz CT molecular complexity index is 948. The predicted molar refractivity (Wildman–Crippen MR) is 92.6 cm³/mol. The van der Waals surface area contributed by atoms with E-state index >= 15 is 0 Å². The van der Waals surface area contributed by atoms with Crippen molar-refractivity contribution in [3.63, 3.8) is 0 Å². The van der Waals surface area contributed by atoms with Crippen LogP contribution in [0.3, 0.4) is 0 Å². The van der Waals surface area contributed by atoms with Gasteiger partial charge in [0.1, 0.15) is 0 Å². The number of halogens is 3. The van der Waals surface area contributed by atoms with Gasteiger partial charge in [-0.1, -0.05) is 32.0 Å². The van der Waals surface area contributed by atoms with Crippen LogP contribution in [0.1, 0.15) is 41.5 Å². The first kappa shape index (κ1) is 18.6. The second-order valence-corrected chi connectivity index (χ2v) is 6.14. The van der Waals surface area contributed by atoms with Gasteiger partial charge in [-0.3, -0.25) is 4.79 Å². The molecule has 0 spiro atoms. The number of carbonyl (C=O) groups is 1. The third-order valence-electron chi connectivity index (χ3n) is 3.87. The first-order valence-corrected chi connectivity index (χ1v) is 8.13. The van der Waals surface area contributed by atoms with Gasteiger partial charge in [0.05, 0.1) is 11.3 Å². The molecule has 0 aliphatic carbocycles. The minimum atomic E-state index is -4.43. The highest BCUT2D eigenvalue weighted by Crippen LogP contribution is 2.29. The van der Waals surface area contributed by atoms with Crippen LogP contribution in [-0.4, -0.2) is 26.1 Å². The molecule has 0 aliphatic rings. The Morgan fingerprint density at radius 2 is 1.74 bits per heavy atom. The summed E-state index contributed by atoms with van der Waals surface area (Å²) >= 11 is 0. The molecule has 2 aromatic carbocycles. The van der Waals surface area contributed by atoms with Gasteiger partial charge in [-0.15, -0.1) is 15.0 Å². The number of anilines is 1. The minimum absolute atomic E-state index is 0.187. The molecule has 0 atom stereocenters. The largest absolute Gasteiger partial charge is 0.416 e. The quantitative estimate of drug-likeness (QED) is 0.747. The fraction of sp³-hybridized carbons (Fsp3) is 0.222. The predicted octanol–water partition coefficient (Wildman–Crippen LogP) is 4.06. The van der Waals surface area contributed by atoms with Crippen molar-refractivity contribution in [3.8, 4) is 5.69 Å². The van der Waals surface area contributed by atoms with Crippen LogP contribution >= 0.6 is 0 Å². The van der Waals surface area contributed by atoms with E-state index < -0.39 is 17.6 Å². The second kappa shape index (κ2) is 7.18. The molecule has 9 heteroatoms. The van der Waals surface area contributed by atoms with Crippen LogP contribution in [0.2, 0.25) is 0 Å². The highest BCUT2D eigenvalue weighted by atomic mass is 19.4. The minimum Gasteiger partial charge on any atom is -0.319 e. The Morgan fingerprint density at radius 1 is 1.07 bits per heavy atom. The summed E-state index contributed by atoms with van der Waals surface area (Å²) in [6, 6.07) is 11.6. The van der Waals surface area contributed by atoms with Gasteiger partial charge in [-0.25, -0.2) is 0 Å². The van der Waals surface area contributed by atoms with Gasteiger partial charge in [0.15, 0.2) is 0 Å². The Kier molecular flexibility index (Phi) is 4.93. The highest BCUT2D eigenvalue weighted by Gasteiger charge is 2.30. The third-order valence-corrected chi connectivity index (χ3v) is 3.87. The van der Waals surface area contributed by atoms with Gasteiger partial charge in [0, 0.05) is 5.69 Å². The lowest BCUT2D eigenvalue weighted by Gasteiger charge is -2.12. The average molecular weight is 375 g/mol. The van der Waals surface area contributed by atoms with E-state index in [2.05, 4.69) is 20.7 Å². The molecule has 1 amide bonds. The molecule has 0 saturated heterocycles. The van der Waals surface area contributed by atoms with Gasteiger partial charge in [0.2, 0.25) is 0 Å². The Morgan fingerprint density at radius 3 is 2.37 bits per heavy atom. The normalized spacial score (nSPS) is 11.6. The Balaban J connectivity index is 1.79. The molecule has 6 nitrogen and oxygen atoms in total. The molecule has 27 heavy (non-hydrogen) atoms. The number of benzene rings is 2. The first-order valence-electron chi connectivity index (χ1n) is 8.13. The van der Waals surface area contributed by atoms with Gasteiger partial charge in [-0.05, 0) is 47.0 Å². The fourth-order valence-corrected chi connectivity index (χ4v) is 2.49. The van der Waals surface area contributed by atoms with E-state index in [0.717, 1.165) is 22.5 Å². The van der Waals surface area contributed by atoms with E-state index in [1.807, 2.05) is 26.0 Å². The number of hydrogen-bond acceptors (Lipinski definition) is 4. The fourth-order valence-electron chi connectivity index (χ4n) is 2.49. The number of amides is 1. The van der Waals surface area contributed by atoms with Crippen molar-refractivity contribution < 1.29 is 18.0 Å². The summed E-state index contributed by atoms with van der Waals surface area (Å²) in [5.41, 5.74) is 1.08. The van der Waals surface area contributed by atoms with Crippen molar-refractivity contribution >= 4 is 11.6 Å². The SMILES string of the molecule is CC(C)c1ccccc1NC(=O)c1nnn(-c2ccc(C(F)(F)F)cc2)n1. The Hall–Kier alpha value is -3.23. The zero-order chi connectivity index (χ0) is 19.6. The molecule has 140 valence electrons. The van der Waals surface area contributed by atoms with E-state index in [1.54, 1.807) is 12.1 Å². The van der Waals surface area contributed by atoms with E-state index in [9.17, 15) is 18.0 Å². The van der Waals surface area contributed by atoms with Crippen LogP contribution < -0.4 is 5.32 Å². The number of aromatic nitrogens is 4. The molecule has 0 fully saturated rings. The number of rotatable bonds is 4. The number of nitrogens with one attached hydrogen (secondary N) is 1. The summed E-state index contributed by atoms with van der Waals surface area (Å²) in [4.78, 5) is 13.4. The molecule has 0 aliphatic heterocycles. The molecule has 1 N–H and O–H groups in total. The van der Waals surface area contributed by atoms with Gasteiger partial charge in [-0.2, -0.15) is 13.2 Å². The van der Waals surface area contributed by atoms with Crippen molar-refractivity contribution in [2.75, 3.05) is 5.32 Å². The number of carbonyl (C=O) groups excluding carboxylic acids is 1. The van der Waals surface area contributed by atoms with Crippen molar-refractivity contribution in [3.05, 3.63) is 65.5 Å². The molecule has 0 saturated carbocycles. The third kappa shape index (κ3) is 4.13. The lowest BCUT2D eigenvalue weighted by molar-refractivity contribution is -0.137. The molecular formula is C18H16F3N5O. The van der Waals surface area contributed by atoms with Crippen LogP contribution in [0, 0.1) is 0 Å². The summed E-state index contributed by atoms with van der Waals surface area (Å²) in [5, 5.41) is 14.1. The number of nitrogens with zero attached hydrogens (tertiary/aromatic N) is 4.